The Kier molecular flexibility index (Phi) is 8.32. The van der Waals surface area contributed by atoms with Crippen molar-refractivity contribution in [2.75, 3.05) is 24.1 Å². The summed E-state index contributed by atoms with van der Waals surface area (Å²) in [6.45, 7) is 1.67. The maximum absolute atomic E-state index is 13.3. The summed E-state index contributed by atoms with van der Waals surface area (Å²) < 4.78 is 29.2. The highest BCUT2D eigenvalue weighted by Crippen LogP contribution is 2.28. The minimum Gasteiger partial charge on any atom is -0.348 e. The van der Waals surface area contributed by atoms with Crippen LogP contribution < -0.4 is 10.0 Å². The molecule has 0 bridgehead atoms. The van der Waals surface area contributed by atoms with Crippen molar-refractivity contribution in [3.05, 3.63) is 89.5 Å². The number of likely N-dealkylation sites (tertiary alicyclic amines) is 1. The standard InChI is InChI=1S/C27H29N3O4S2/c1-35-25-15-14-21(18-23(25)27(32)30-16-8-3-9-17-30)36(33,34)29-24-13-7-6-12-22(24)26(31)28-19-20-10-4-2-5-11-20/h2,4-7,10-15,18,29H,3,8-9,16-17,19H2,1H3,(H,28,31). The maximum Gasteiger partial charge on any atom is 0.261 e. The molecule has 1 aliphatic heterocycles. The van der Waals surface area contributed by atoms with E-state index in [4.69, 9.17) is 0 Å². The molecule has 1 heterocycles. The maximum atomic E-state index is 13.3. The highest BCUT2D eigenvalue weighted by molar-refractivity contribution is 7.98. The predicted molar refractivity (Wildman–Crippen MR) is 143 cm³/mol. The van der Waals surface area contributed by atoms with Crippen molar-refractivity contribution in [2.45, 2.75) is 35.6 Å². The first-order chi connectivity index (χ1) is 17.4. The molecule has 188 valence electrons. The number of anilines is 1. The predicted octanol–water partition coefficient (Wildman–Crippen LogP) is 4.77. The lowest BCUT2D eigenvalue weighted by Crippen LogP contribution is -2.36. The van der Waals surface area contributed by atoms with Crippen LogP contribution in [0.25, 0.3) is 0 Å². The summed E-state index contributed by atoms with van der Waals surface area (Å²) >= 11 is 1.41. The number of hydrogen-bond donors (Lipinski definition) is 2. The Morgan fingerprint density at radius 2 is 1.58 bits per heavy atom. The normalized spacial score (nSPS) is 13.8. The molecule has 0 aromatic heterocycles. The van der Waals surface area contributed by atoms with E-state index in [-0.39, 0.29) is 22.1 Å². The first-order valence-corrected chi connectivity index (χ1v) is 14.5. The molecule has 0 atom stereocenters. The third-order valence-corrected chi connectivity index (χ3v) is 8.23. The number of carbonyl (C=O) groups is 2. The fourth-order valence-electron chi connectivity index (χ4n) is 4.14. The molecule has 1 saturated heterocycles. The lowest BCUT2D eigenvalue weighted by molar-refractivity contribution is 0.0720. The first-order valence-electron chi connectivity index (χ1n) is 11.8. The van der Waals surface area contributed by atoms with Gasteiger partial charge >= 0.3 is 0 Å². The molecule has 0 aliphatic carbocycles. The Hall–Kier alpha value is -3.30. The Labute approximate surface area is 216 Å². The summed E-state index contributed by atoms with van der Waals surface area (Å²) in [5, 5.41) is 2.83. The number of hydrogen-bond acceptors (Lipinski definition) is 5. The van der Waals surface area contributed by atoms with Crippen molar-refractivity contribution in [2.24, 2.45) is 0 Å². The topological polar surface area (TPSA) is 95.6 Å². The van der Waals surface area contributed by atoms with Crippen molar-refractivity contribution >= 4 is 39.3 Å². The van der Waals surface area contributed by atoms with E-state index in [9.17, 15) is 18.0 Å². The van der Waals surface area contributed by atoms with Gasteiger partial charge in [0, 0.05) is 24.5 Å². The zero-order valence-corrected chi connectivity index (χ0v) is 21.7. The van der Waals surface area contributed by atoms with Gasteiger partial charge in [0.05, 0.1) is 21.7 Å². The first kappa shape index (κ1) is 25.8. The summed E-state index contributed by atoms with van der Waals surface area (Å²) in [5.41, 5.74) is 1.69. The molecule has 0 saturated carbocycles. The Balaban J connectivity index is 1.57. The molecule has 0 unspecified atom stereocenters. The molecule has 0 spiro atoms. The summed E-state index contributed by atoms with van der Waals surface area (Å²) in [6, 6.07) is 20.5. The minimum atomic E-state index is -4.06. The van der Waals surface area contributed by atoms with E-state index in [0.717, 1.165) is 29.7 Å². The molecule has 36 heavy (non-hydrogen) atoms. The number of para-hydroxylation sites is 1. The average molecular weight is 524 g/mol. The van der Waals surface area contributed by atoms with Gasteiger partial charge in [0.2, 0.25) is 0 Å². The van der Waals surface area contributed by atoms with Crippen molar-refractivity contribution < 1.29 is 18.0 Å². The highest BCUT2D eigenvalue weighted by Gasteiger charge is 2.25. The largest absolute Gasteiger partial charge is 0.348 e. The van der Waals surface area contributed by atoms with E-state index >= 15 is 0 Å². The Morgan fingerprint density at radius 1 is 0.889 bits per heavy atom. The van der Waals surface area contributed by atoms with Gasteiger partial charge in [-0.25, -0.2) is 8.42 Å². The zero-order valence-electron chi connectivity index (χ0n) is 20.1. The van der Waals surface area contributed by atoms with Crippen molar-refractivity contribution in [1.29, 1.82) is 0 Å². The van der Waals surface area contributed by atoms with E-state index in [0.29, 0.717) is 25.2 Å². The summed E-state index contributed by atoms with van der Waals surface area (Å²) in [4.78, 5) is 28.5. The fraction of sp³-hybridized carbons (Fsp3) is 0.259. The lowest BCUT2D eigenvalue weighted by atomic mass is 10.1. The Bertz CT molecular complexity index is 1340. The number of thioether (sulfide) groups is 1. The van der Waals surface area contributed by atoms with E-state index in [2.05, 4.69) is 10.0 Å². The second-order valence-corrected chi connectivity index (χ2v) is 11.1. The van der Waals surface area contributed by atoms with E-state index in [1.54, 1.807) is 35.2 Å². The van der Waals surface area contributed by atoms with Gasteiger partial charge in [-0.3, -0.25) is 14.3 Å². The van der Waals surface area contributed by atoms with Gasteiger partial charge in [0.15, 0.2) is 0 Å². The SMILES string of the molecule is CSc1ccc(S(=O)(=O)Nc2ccccc2C(=O)NCc2ccccc2)cc1C(=O)N1CCCCC1. The lowest BCUT2D eigenvalue weighted by Gasteiger charge is -2.27. The molecule has 1 aliphatic rings. The number of nitrogens with one attached hydrogen (secondary N) is 2. The third kappa shape index (κ3) is 6.09. The van der Waals surface area contributed by atoms with Gasteiger partial charge in [-0.15, -0.1) is 11.8 Å². The molecule has 3 aromatic rings. The van der Waals surface area contributed by atoms with Crippen LogP contribution in [0.2, 0.25) is 0 Å². The second kappa shape index (κ2) is 11.6. The van der Waals surface area contributed by atoms with Gasteiger partial charge in [-0.1, -0.05) is 42.5 Å². The van der Waals surface area contributed by atoms with Crippen molar-refractivity contribution in [3.63, 3.8) is 0 Å². The number of sulfonamides is 1. The van der Waals surface area contributed by atoms with Crippen LogP contribution in [0.5, 0.6) is 0 Å². The highest BCUT2D eigenvalue weighted by atomic mass is 32.2. The average Bonchev–Trinajstić information content (AvgIpc) is 2.92. The van der Waals surface area contributed by atoms with Crippen molar-refractivity contribution in [3.8, 4) is 0 Å². The minimum absolute atomic E-state index is 0.0276. The molecule has 1 fully saturated rings. The van der Waals surface area contributed by atoms with E-state index < -0.39 is 15.9 Å². The van der Waals surface area contributed by atoms with Crippen LogP contribution >= 0.6 is 11.8 Å². The summed E-state index contributed by atoms with van der Waals surface area (Å²) in [6.07, 6.45) is 4.85. The number of benzene rings is 3. The van der Waals surface area contributed by atoms with Gasteiger partial charge < -0.3 is 10.2 Å². The van der Waals surface area contributed by atoms with Crippen LogP contribution in [0.3, 0.4) is 0 Å². The number of rotatable bonds is 8. The van der Waals surface area contributed by atoms with Crippen LogP contribution in [-0.4, -0.2) is 44.5 Å². The molecular formula is C27H29N3O4S2. The summed E-state index contributed by atoms with van der Waals surface area (Å²) in [5.74, 6) is -0.548. The molecule has 4 rings (SSSR count). The molecule has 2 amide bonds. The third-order valence-electron chi connectivity index (χ3n) is 6.07. The van der Waals surface area contributed by atoms with Crippen LogP contribution in [0, 0.1) is 0 Å². The van der Waals surface area contributed by atoms with Gasteiger partial charge in [-0.2, -0.15) is 0 Å². The quantitative estimate of drug-likeness (QED) is 0.415. The number of amides is 2. The number of piperidine rings is 1. The smallest absolute Gasteiger partial charge is 0.261 e. The monoisotopic (exact) mass is 523 g/mol. The van der Waals surface area contributed by atoms with Crippen LogP contribution in [0.15, 0.2) is 82.6 Å². The zero-order chi connectivity index (χ0) is 25.5. The molecule has 0 radical (unpaired) electrons. The Morgan fingerprint density at radius 3 is 2.31 bits per heavy atom. The molecule has 3 aromatic carbocycles. The molecule has 2 N–H and O–H groups in total. The van der Waals surface area contributed by atoms with E-state index in [1.807, 2.05) is 36.6 Å². The van der Waals surface area contributed by atoms with E-state index in [1.165, 1.54) is 23.9 Å². The second-order valence-electron chi connectivity index (χ2n) is 8.53. The molecular weight excluding hydrogens is 494 g/mol. The molecule has 9 heteroatoms. The van der Waals surface area contributed by atoms with Gasteiger partial charge in [0.1, 0.15) is 0 Å². The summed E-state index contributed by atoms with van der Waals surface area (Å²) in [7, 11) is -4.06. The fourth-order valence-corrected chi connectivity index (χ4v) is 5.81. The van der Waals surface area contributed by atoms with Crippen LogP contribution in [0.4, 0.5) is 5.69 Å². The number of carbonyl (C=O) groups excluding carboxylic acids is 2. The van der Waals surface area contributed by atoms with Crippen LogP contribution in [0.1, 0.15) is 45.5 Å². The van der Waals surface area contributed by atoms with Gasteiger partial charge in [-0.05, 0) is 61.4 Å². The molecule has 7 nitrogen and oxygen atoms in total. The van der Waals surface area contributed by atoms with Crippen LogP contribution in [-0.2, 0) is 16.6 Å². The van der Waals surface area contributed by atoms with Crippen molar-refractivity contribution in [1.82, 2.24) is 10.2 Å². The number of nitrogens with zero attached hydrogens (tertiary/aromatic N) is 1. The van der Waals surface area contributed by atoms with Gasteiger partial charge in [0.25, 0.3) is 21.8 Å².